The third kappa shape index (κ3) is 1.25. The zero-order chi connectivity index (χ0) is 7.56. The van der Waals surface area contributed by atoms with Gasteiger partial charge in [0.25, 0.3) is 0 Å². The molecule has 1 aliphatic rings. The van der Waals surface area contributed by atoms with Crippen molar-refractivity contribution in [1.29, 1.82) is 5.41 Å². The molecule has 1 rings (SSSR count). The van der Waals surface area contributed by atoms with Gasteiger partial charge in [-0.1, -0.05) is 0 Å². The molecule has 0 spiro atoms. The van der Waals surface area contributed by atoms with Gasteiger partial charge in [0.2, 0.25) is 0 Å². The van der Waals surface area contributed by atoms with E-state index in [9.17, 15) is 0 Å². The SMILES string of the molecule is N=CC1=CC(O)=CCC1N. The summed E-state index contributed by atoms with van der Waals surface area (Å²) in [4.78, 5) is 0. The summed E-state index contributed by atoms with van der Waals surface area (Å²) in [5.74, 6) is 0.209. The van der Waals surface area contributed by atoms with Gasteiger partial charge in [0.15, 0.2) is 0 Å². The van der Waals surface area contributed by atoms with E-state index in [2.05, 4.69) is 0 Å². The average molecular weight is 138 g/mol. The molecule has 10 heavy (non-hydrogen) atoms. The number of hydrogen-bond acceptors (Lipinski definition) is 3. The van der Waals surface area contributed by atoms with Crippen LogP contribution in [-0.2, 0) is 0 Å². The number of allylic oxidation sites excluding steroid dienone is 1. The molecule has 1 aliphatic carbocycles. The third-order valence-electron chi connectivity index (χ3n) is 1.49. The second-order valence-electron chi connectivity index (χ2n) is 2.26. The van der Waals surface area contributed by atoms with Crippen LogP contribution in [0, 0.1) is 5.41 Å². The quantitative estimate of drug-likeness (QED) is 0.467. The molecule has 54 valence electrons. The van der Waals surface area contributed by atoms with Crippen molar-refractivity contribution < 1.29 is 5.11 Å². The largest absolute Gasteiger partial charge is 0.508 e. The molecule has 0 aromatic rings. The molecule has 1 unspecified atom stereocenters. The first-order chi connectivity index (χ1) is 4.74. The van der Waals surface area contributed by atoms with Crippen LogP contribution in [0.4, 0.5) is 0 Å². The topological polar surface area (TPSA) is 70.1 Å². The molecular weight excluding hydrogens is 128 g/mol. The van der Waals surface area contributed by atoms with Crippen molar-refractivity contribution in [1.82, 2.24) is 0 Å². The maximum Gasteiger partial charge on any atom is 0.112 e. The van der Waals surface area contributed by atoms with Crippen molar-refractivity contribution in [3.63, 3.8) is 0 Å². The van der Waals surface area contributed by atoms with Gasteiger partial charge in [0.1, 0.15) is 5.76 Å². The summed E-state index contributed by atoms with van der Waals surface area (Å²) in [5.41, 5.74) is 6.26. The van der Waals surface area contributed by atoms with Gasteiger partial charge in [0, 0.05) is 12.3 Å². The normalized spacial score (nSPS) is 25.1. The molecular formula is C7H10N2O. The Morgan fingerprint density at radius 2 is 2.50 bits per heavy atom. The van der Waals surface area contributed by atoms with E-state index in [0.29, 0.717) is 12.0 Å². The lowest BCUT2D eigenvalue weighted by molar-refractivity contribution is 0.424. The zero-order valence-electron chi connectivity index (χ0n) is 5.54. The Labute approximate surface area is 59.4 Å². The highest BCUT2D eigenvalue weighted by molar-refractivity contribution is 5.78. The van der Waals surface area contributed by atoms with Gasteiger partial charge in [-0.05, 0) is 24.1 Å². The van der Waals surface area contributed by atoms with Crippen molar-refractivity contribution in [3.8, 4) is 0 Å². The molecule has 0 aromatic carbocycles. The van der Waals surface area contributed by atoms with Crippen LogP contribution in [0.5, 0.6) is 0 Å². The first-order valence-electron chi connectivity index (χ1n) is 3.11. The zero-order valence-corrected chi connectivity index (χ0v) is 5.54. The van der Waals surface area contributed by atoms with Gasteiger partial charge in [-0.25, -0.2) is 0 Å². The molecule has 3 nitrogen and oxygen atoms in total. The lowest BCUT2D eigenvalue weighted by atomic mass is 10.0. The Bertz CT molecular complexity index is 206. The lowest BCUT2D eigenvalue weighted by Gasteiger charge is -2.13. The standard InChI is InChI=1S/C7H10N2O/c8-4-5-3-6(10)1-2-7(5)9/h1,3-4,7-8,10H,2,9H2. The van der Waals surface area contributed by atoms with Crippen molar-refractivity contribution >= 4 is 6.21 Å². The number of hydrogen-bond donors (Lipinski definition) is 3. The van der Waals surface area contributed by atoms with Gasteiger partial charge in [0.05, 0.1) is 0 Å². The fraction of sp³-hybridized carbons (Fsp3) is 0.286. The van der Waals surface area contributed by atoms with Crippen molar-refractivity contribution in [2.75, 3.05) is 0 Å². The molecule has 4 N–H and O–H groups in total. The number of nitrogens with one attached hydrogen (secondary N) is 1. The smallest absolute Gasteiger partial charge is 0.112 e. The highest BCUT2D eigenvalue weighted by Crippen LogP contribution is 2.12. The lowest BCUT2D eigenvalue weighted by Crippen LogP contribution is -2.24. The monoisotopic (exact) mass is 138 g/mol. The number of aliphatic hydroxyl groups excluding tert-OH is 1. The minimum Gasteiger partial charge on any atom is -0.508 e. The van der Waals surface area contributed by atoms with Crippen LogP contribution < -0.4 is 5.73 Å². The summed E-state index contributed by atoms with van der Waals surface area (Å²) in [6, 6.07) is -0.117. The molecule has 0 aromatic heterocycles. The summed E-state index contributed by atoms with van der Waals surface area (Å²) in [6.07, 6.45) is 4.96. The Kier molecular flexibility index (Phi) is 1.87. The van der Waals surface area contributed by atoms with Crippen LogP contribution in [0.15, 0.2) is 23.5 Å². The number of aliphatic hydroxyl groups is 1. The first kappa shape index (κ1) is 7.02. The van der Waals surface area contributed by atoms with Gasteiger partial charge >= 0.3 is 0 Å². The van der Waals surface area contributed by atoms with Gasteiger partial charge < -0.3 is 16.2 Å². The first-order valence-corrected chi connectivity index (χ1v) is 3.11. The van der Waals surface area contributed by atoms with E-state index >= 15 is 0 Å². The minimum atomic E-state index is -0.117. The maximum absolute atomic E-state index is 8.95. The van der Waals surface area contributed by atoms with Crippen LogP contribution >= 0.6 is 0 Å². The Morgan fingerprint density at radius 3 is 3.00 bits per heavy atom. The molecule has 0 saturated heterocycles. The summed E-state index contributed by atoms with van der Waals surface area (Å²) in [5, 5.41) is 15.9. The van der Waals surface area contributed by atoms with Crippen molar-refractivity contribution in [2.45, 2.75) is 12.5 Å². The number of nitrogens with two attached hydrogens (primary N) is 1. The predicted octanol–water partition coefficient (Wildman–Crippen LogP) is 0.735. The summed E-state index contributed by atoms with van der Waals surface area (Å²) in [6.45, 7) is 0. The highest BCUT2D eigenvalue weighted by Gasteiger charge is 2.10. The molecule has 0 aliphatic heterocycles. The predicted molar refractivity (Wildman–Crippen MR) is 40.2 cm³/mol. The van der Waals surface area contributed by atoms with Gasteiger partial charge in [-0.15, -0.1) is 0 Å². The second kappa shape index (κ2) is 2.66. The van der Waals surface area contributed by atoms with Gasteiger partial charge in [-0.2, -0.15) is 0 Å². The summed E-state index contributed by atoms with van der Waals surface area (Å²) < 4.78 is 0. The fourth-order valence-electron chi connectivity index (χ4n) is 0.869. The Balaban J connectivity index is 2.83. The molecule has 3 heteroatoms. The molecule has 1 atom stereocenters. The molecule has 0 radical (unpaired) electrons. The van der Waals surface area contributed by atoms with E-state index in [1.165, 1.54) is 12.3 Å². The Morgan fingerprint density at radius 1 is 1.80 bits per heavy atom. The van der Waals surface area contributed by atoms with Crippen molar-refractivity contribution in [3.05, 3.63) is 23.5 Å². The molecule has 0 amide bonds. The molecule has 0 fully saturated rings. The second-order valence-corrected chi connectivity index (χ2v) is 2.26. The fourth-order valence-corrected chi connectivity index (χ4v) is 0.869. The van der Waals surface area contributed by atoms with Crippen LogP contribution in [0.25, 0.3) is 0 Å². The summed E-state index contributed by atoms with van der Waals surface area (Å²) in [7, 11) is 0. The van der Waals surface area contributed by atoms with E-state index in [0.717, 1.165) is 0 Å². The van der Waals surface area contributed by atoms with Crippen LogP contribution in [0.2, 0.25) is 0 Å². The van der Waals surface area contributed by atoms with E-state index < -0.39 is 0 Å². The molecule has 0 saturated carbocycles. The maximum atomic E-state index is 8.95. The van der Waals surface area contributed by atoms with E-state index in [1.807, 2.05) is 0 Å². The highest BCUT2D eigenvalue weighted by atomic mass is 16.3. The average Bonchev–Trinajstić information content (AvgIpc) is 1.94. The number of rotatable bonds is 1. The molecule has 0 bridgehead atoms. The van der Waals surface area contributed by atoms with Gasteiger partial charge in [-0.3, -0.25) is 0 Å². The minimum absolute atomic E-state index is 0.117. The van der Waals surface area contributed by atoms with Crippen LogP contribution in [-0.4, -0.2) is 17.4 Å². The van der Waals surface area contributed by atoms with E-state index in [1.54, 1.807) is 6.08 Å². The molecule has 0 heterocycles. The summed E-state index contributed by atoms with van der Waals surface area (Å²) >= 11 is 0. The van der Waals surface area contributed by atoms with Crippen molar-refractivity contribution in [2.24, 2.45) is 5.73 Å². The third-order valence-corrected chi connectivity index (χ3v) is 1.49. The van der Waals surface area contributed by atoms with Crippen LogP contribution in [0.3, 0.4) is 0 Å². The Hall–Kier alpha value is -1.09. The van der Waals surface area contributed by atoms with Crippen LogP contribution in [0.1, 0.15) is 6.42 Å². The van der Waals surface area contributed by atoms with E-state index in [4.69, 9.17) is 16.2 Å². The van der Waals surface area contributed by atoms with E-state index in [-0.39, 0.29) is 11.8 Å².